The molecule has 3 nitrogen and oxygen atoms in total. The first kappa shape index (κ1) is 12.3. The number of nitrogens with one attached hydrogen (secondary N) is 1. The van der Waals surface area contributed by atoms with Crippen LogP contribution in [0.3, 0.4) is 0 Å². The zero-order valence-corrected chi connectivity index (χ0v) is 11.4. The average molecular weight is 250 g/mol. The van der Waals surface area contributed by atoms with Crippen LogP contribution in [-0.4, -0.2) is 12.0 Å². The summed E-state index contributed by atoms with van der Waals surface area (Å²) < 4.78 is 5.50. The molecule has 2 heterocycles. The number of hydrogen-bond donors (Lipinski definition) is 1. The van der Waals surface area contributed by atoms with Gasteiger partial charge >= 0.3 is 0 Å². The van der Waals surface area contributed by atoms with Crippen LogP contribution < -0.4 is 5.32 Å². The molecule has 0 unspecified atom stereocenters. The van der Waals surface area contributed by atoms with Gasteiger partial charge in [-0.15, -0.1) is 11.3 Å². The summed E-state index contributed by atoms with van der Waals surface area (Å²) in [6, 6.07) is 1.98. The van der Waals surface area contributed by atoms with Crippen molar-refractivity contribution < 1.29 is 4.42 Å². The van der Waals surface area contributed by atoms with Gasteiger partial charge in [-0.2, -0.15) is 0 Å². The van der Waals surface area contributed by atoms with Crippen LogP contribution in [0.4, 0.5) is 0 Å². The predicted molar refractivity (Wildman–Crippen MR) is 71.3 cm³/mol. The Labute approximate surface area is 106 Å². The molecule has 1 N–H and O–H groups in total. The summed E-state index contributed by atoms with van der Waals surface area (Å²) in [7, 11) is 1.97. The van der Waals surface area contributed by atoms with Crippen LogP contribution in [0.15, 0.2) is 16.7 Å². The highest BCUT2D eigenvalue weighted by Crippen LogP contribution is 2.31. The first-order valence-electron chi connectivity index (χ1n) is 5.94. The van der Waals surface area contributed by atoms with Gasteiger partial charge in [0.1, 0.15) is 0 Å². The molecule has 0 atom stereocenters. The Hall–Kier alpha value is -1.13. The summed E-state index contributed by atoms with van der Waals surface area (Å²) in [5.74, 6) is 0.912. The van der Waals surface area contributed by atoms with Gasteiger partial charge in [0.25, 0.3) is 0 Å². The molecule has 0 amide bonds. The van der Waals surface area contributed by atoms with Crippen molar-refractivity contribution in [2.75, 3.05) is 7.05 Å². The standard InChI is InChI=1S/C13H18N2OS/c1-4-5-10-11(8-14-3)17-13(15-10)12-9(2)6-7-16-12/h6-7,14H,4-5,8H2,1-3H3. The number of hydrogen-bond acceptors (Lipinski definition) is 4. The molecule has 4 heteroatoms. The normalized spacial score (nSPS) is 11.0. The minimum Gasteiger partial charge on any atom is -0.462 e. The Morgan fingerprint density at radius 1 is 1.47 bits per heavy atom. The molecular formula is C13H18N2OS. The summed E-state index contributed by atoms with van der Waals surface area (Å²) in [6.45, 7) is 5.12. The van der Waals surface area contributed by atoms with E-state index >= 15 is 0 Å². The van der Waals surface area contributed by atoms with Crippen LogP contribution in [0.2, 0.25) is 0 Å². The summed E-state index contributed by atoms with van der Waals surface area (Å²) in [5, 5.41) is 4.20. The van der Waals surface area contributed by atoms with E-state index in [-0.39, 0.29) is 0 Å². The molecule has 0 aliphatic heterocycles. The highest BCUT2D eigenvalue weighted by Gasteiger charge is 2.14. The van der Waals surface area contributed by atoms with Crippen LogP contribution >= 0.6 is 11.3 Å². The topological polar surface area (TPSA) is 38.1 Å². The highest BCUT2D eigenvalue weighted by atomic mass is 32.1. The van der Waals surface area contributed by atoms with Crippen molar-refractivity contribution in [3.63, 3.8) is 0 Å². The van der Waals surface area contributed by atoms with Crippen molar-refractivity contribution >= 4 is 11.3 Å². The van der Waals surface area contributed by atoms with Crippen molar-refractivity contribution in [2.24, 2.45) is 0 Å². The fourth-order valence-corrected chi connectivity index (χ4v) is 2.98. The second kappa shape index (κ2) is 5.47. The molecule has 0 saturated carbocycles. The summed E-state index contributed by atoms with van der Waals surface area (Å²) in [4.78, 5) is 6.03. The maximum absolute atomic E-state index is 5.50. The van der Waals surface area contributed by atoms with E-state index in [0.29, 0.717) is 0 Å². The van der Waals surface area contributed by atoms with E-state index in [4.69, 9.17) is 9.40 Å². The van der Waals surface area contributed by atoms with Crippen LogP contribution in [-0.2, 0) is 13.0 Å². The van der Waals surface area contributed by atoms with Crippen molar-refractivity contribution in [2.45, 2.75) is 33.2 Å². The fourth-order valence-electron chi connectivity index (χ4n) is 1.80. The molecular weight excluding hydrogens is 232 g/mol. The average Bonchev–Trinajstić information content (AvgIpc) is 2.87. The number of furan rings is 1. The molecule has 0 fully saturated rings. The maximum atomic E-state index is 5.50. The van der Waals surface area contributed by atoms with Crippen molar-refractivity contribution in [1.29, 1.82) is 0 Å². The van der Waals surface area contributed by atoms with E-state index in [1.54, 1.807) is 17.6 Å². The van der Waals surface area contributed by atoms with E-state index in [0.717, 1.165) is 35.7 Å². The zero-order valence-electron chi connectivity index (χ0n) is 10.5. The minimum absolute atomic E-state index is 0.882. The Kier molecular flexibility index (Phi) is 3.97. The number of rotatable bonds is 5. The molecule has 0 saturated heterocycles. The highest BCUT2D eigenvalue weighted by molar-refractivity contribution is 7.15. The molecule has 2 aromatic rings. The summed E-state index contributed by atoms with van der Waals surface area (Å²) in [6.07, 6.45) is 3.88. The van der Waals surface area contributed by atoms with Gasteiger partial charge in [0, 0.05) is 11.4 Å². The lowest BCUT2D eigenvalue weighted by Gasteiger charge is -1.98. The monoisotopic (exact) mass is 250 g/mol. The van der Waals surface area contributed by atoms with Crippen molar-refractivity contribution in [1.82, 2.24) is 10.3 Å². The Morgan fingerprint density at radius 3 is 2.88 bits per heavy atom. The van der Waals surface area contributed by atoms with Gasteiger partial charge in [0.05, 0.1) is 12.0 Å². The molecule has 0 spiro atoms. The maximum Gasteiger partial charge on any atom is 0.165 e. The SMILES string of the molecule is CCCc1nc(-c2occc2C)sc1CNC. The van der Waals surface area contributed by atoms with Gasteiger partial charge in [-0.05, 0) is 32.0 Å². The molecule has 0 aliphatic carbocycles. The third kappa shape index (κ3) is 2.58. The molecule has 0 aromatic carbocycles. The van der Waals surface area contributed by atoms with Crippen LogP contribution in [0.1, 0.15) is 29.5 Å². The molecule has 2 rings (SSSR count). The molecule has 2 aromatic heterocycles. The number of nitrogens with zero attached hydrogens (tertiary/aromatic N) is 1. The Morgan fingerprint density at radius 2 is 2.29 bits per heavy atom. The second-order valence-electron chi connectivity index (χ2n) is 4.10. The fraction of sp³-hybridized carbons (Fsp3) is 0.462. The van der Waals surface area contributed by atoms with Gasteiger partial charge in [-0.3, -0.25) is 0 Å². The van der Waals surface area contributed by atoms with Gasteiger partial charge in [-0.1, -0.05) is 13.3 Å². The third-order valence-corrected chi connectivity index (χ3v) is 3.76. The lowest BCUT2D eigenvalue weighted by Crippen LogP contribution is -2.05. The lowest BCUT2D eigenvalue weighted by molar-refractivity contribution is 0.580. The summed E-state index contributed by atoms with van der Waals surface area (Å²) in [5.41, 5.74) is 2.36. The van der Waals surface area contributed by atoms with Gasteiger partial charge in [0.2, 0.25) is 0 Å². The first-order valence-corrected chi connectivity index (χ1v) is 6.75. The molecule has 0 radical (unpaired) electrons. The molecule has 0 aliphatic rings. The van der Waals surface area contributed by atoms with Crippen molar-refractivity contribution in [3.05, 3.63) is 28.5 Å². The van der Waals surface area contributed by atoms with Crippen LogP contribution in [0.25, 0.3) is 10.8 Å². The number of thiazole rings is 1. The Balaban J connectivity index is 2.36. The lowest BCUT2D eigenvalue weighted by atomic mass is 10.2. The largest absolute Gasteiger partial charge is 0.462 e. The van der Waals surface area contributed by atoms with Crippen molar-refractivity contribution in [3.8, 4) is 10.8 Å². The van der Waals surface area contributed by atoms with E-state index in [2.05, 4.69) is 19.2 Å². The van der Waals surface area contributed by atoms with Gasteiger partial charge < -0.3 is 9.73 Å². The van der Waals surface area contributed by atoms with E-state index in [9.17, 15) is 0 Å². The third-order valence-electron chi connectivity index (χ3n) is 2.66. The van der Waals surface area contributed by atoms with E-state index in [1.165, 1.54) is 10.6 Å². The molecule has 0 bridgehead atoms. The Bertz CT molecular complexity index is 464. The van der Waals surface area contributed by atoms with Crippen LogP contribution in [0.5, 0.6) is 0 Å². The quantitative estimate of drug-likeness (QED) is 0.884. The van der Waals surface area contributed by atoms with Crippen LogP contribution in [0, 0.1) is 6.92 Å². The van der Waals surface area contributed by atoms with Gasteiger partial charge in [-0.25, -0.2) is 4.98 Å². The molecule has 92 valence electrons. The summed E-state index contributed by atoms with van der Waals surface area (Å²) >= 11 is 1.73. The number of aryl methyl sites for hydroxylation is 2. The molecule has 17 heavy (non-hydrogen) atoms. The smallest absolute Gasteiger partial charge is 0.165 e. The predicted octanol–water partition coefficient (Wildman–Crippen LogP) is 3.38. The number of aromatic nitrogens is 1. The van der Waals surface area contributed by atoms with Gasteiger partial charge in [0.15, 0.2) is 10.8 Å². The second-order valence-corrected chi connectivity index (χ2v) is 5.19. The zero-order chi connectivity index (χ0) is 12.3. The van der Waals surface area contributed by atoms with E-state index in [1.807, 2.05) is 13.1 Å². The van der Waals surface area contributed by atoms with E-state index < -0.39 is 0 Å². The first-order chi connectivity index (χ1) is 8.26. The minimum atomic E-state index is 0.882.